The van der Waals surface area contributed by atoms with Crippen molar-refractivity contribution >= 4 is 22.9 Å². The Hall–Kier alpha value is -1.49. The smallest absolute Gasteiger partial charge is 0.231 e. The Labute approximate surface area is 99.7 Å². The molecule has 86 valence electrons. The van der Waals surface area contributed by atoms with Crippen molar-refractivity contribution in [2.75, 3.05) is 12.1 Å². The van der Waals surface area contributed by atoms with E-state index in [1.807, 2.05) is 25.1 Å². The van der Waals surface area contributed by atoms with E-state index in [-0.39, 0.29) is 6.04 Å². The van der Waals surface area contributed by atoms with Crippen molar-refractivity contribution in [1.29, 1.82) is 0 Å². The highest BCUT2D eigenvalue weighted by Gasteiger charge is 2.13. The Bertz CT molecular complexity index is 409. The first kappa shape index (κ1) is 11.0. The molecule has 4 nitrogen and oxygen atoms in total. The highest BCUT2D eigenvalue weighted by molar-refractivity contribution is 7.80. The Kier molecular flexibility index (Phi) is 3.14. The molecule has 1 aromatic carbocycles. The first-order valence-electron chi connectivity index (χ1n) is 5.09. The van der Waals surface area contributed by atoms with Gasteiger partial charge in [0.15, 0.2) is 11.5 Å². The van der Waals surface area contributed by atoms with Crippen LogP contribution in [0.3, 0.4) is 0 Å². The van der Waals surface area contributed by atoms with Crippen molar-refractivity contribution in [2.24, 2.45) is 5.73 Å². The minimum absolute atomic E-state index is 0.206. The maximum atomic E-state index is 5.48. The number of ether oxygens (including phenoxy) is 2. The van der Waals surface area contributed by atoms with Gasteiger partial charge in [0.25, 0.3) is 0 Å². The predicted molar refractivity (Wildman–Crippen MR) is 67.1 cm³/mol. The summed E-state index contributed by atoms with van der Waals surface area (Å²) in [5.41, 5.74) is 6.46. The summed E-state index contributed by atoms with van der Waals surface area (Å²) < 4.78 is 10.5. The zero-order chi connectivity index (χ0) is 11.5. The molecule has 0 saturated heterocycles. The van der Waals surface area contributed by atoms with Crippen LogP contribution in [0.5, 0.6) is 11.5 Å². The molecule has 1 aliphatic heterocycles. The predicted octanol–water partition coefficient (Wildman–Crippen LogP) is 1.89. The van der Waals surface area contributed by atoms with Crippen molar-refractivity contribution in [3.05, 3.63) is 18.2 Å². The van der Waals surface area contributed by atoms with E-state index in [0.717, 1.165) is 17.2 Å². The van der Waals surface area contributed by atoms with E-state index < -0.39 is 0 Å². The maximum Gasteiger partial charge on any atom is 0.231 e. The standard InChI is InChI=1S/C11H14N2O2S/c1-7(4-11(12)16)13-8-2-3-9-10(5-8)15-6-14-9/h2-3,5,7,13H,4,6H2,1H3,(H2,12,16). The average Bonchev–Trinajstić information content (AvgIpc) is 2.63. The van der Waals surface area contributed by atoms with Gasteiger partial charge in [-0.25, -0.2) is 0 Å². The molecule has 3 N–H and O–H groups in total. The van der Waals surface area contributed by atoms with E-state index in [1.54, 1.807) is 0 Å². The number of fused-ring (bicyclic) bond motifs is 1. The molecule has 0 amide bonds. The van der Waals surface area contributed by atoms with Crippen LogP contribution in [0.4, 0.5) is 5.69 Å². The monoisotopic (exact) mass is 238 g/mol. The van der Waals surface area contributed by atoms with Crippen LogP contribution < -0.4 is 20.5 Å². The molecule has 1 aromatic rings. The average molecular weight is 238 g/mol. The van der Waals surface area contributed by atoms with Gasteiger partial charge in [0.05, 0.1) is 4.99 Å². The zero-order valence-corrected chi connectivity index (χ0v) is 9.84. The summed E-state index contributed by atoms with van der Waals surface area (Å²) in [6, 6.07) is 5.96. The van der Waals surface area contributed by atoms with Crippen LogP contribution in [0.25, 0.3) is 0 Å². The van der Waals surface area contributed by atoms with Crippen molar-refractivity contribution in [2.45, 2.75) is 19.4 Å². The zero-order valence-electron chi connectivity index (χ0n) is 9.03. The Morgan fingerprint density at radius 1 is 1.50 bits per heavy atom. The van der Waals surface area contributed by atoms with Crippen LogP contribution in [0, 0.1) is 0 Å². The SMILES string of the molecule is CC(CC(N)=S)Nc1ccc2c(c1)OCO2. The lowest BCUT2D eigenvalue weighted by molar-refractivity contribution is 0.174. The van der Waals surface area contributed by atoms with Gasteiger partial charge in [-0.1, -0.05) is 12.2 Å². The molecule has 0 aliphatic carbocycles. The summed E-state index contributed by atoms with van der Waals surface area (Å²) in [5.74, 6) is 1.56. The molecule has 1 atom stereocenters. The van der Waals surface area contributed by atoms with Gasteiger partial charge >= 0.3 is 0 Å². The third kappa shape index (κ3) is 2.55. The minimum atomic E-state index is 0.206. The molecule has 0 aromatic heterocycles. The molecule has 16 heavy (non-hydrogen) atoms. The largest absolute Gasteiger partial charge is 0.454 e. The van der Waals surface area contributed by atoms with Crippen LogP contribution in [0.15, 0.2) is 18.2 Å². The number of nitrogens with one attached hydrogen (secondary N) is 1. The van der Waals surface area contributed by atoms with Gasteiger partial charge < -0.3 is 20.5 Å². The summed E-state index contributed by atoms with van der Waals surface area (Å²) in [5, 5.41) is 3.30. The minimum Gasteiger partial charge on any atom is -0.454 e. The number of thiocarbonyl (C=S) groups is 1. The quantitative estimate of drug-likeness (QED) is 0.784. The second kappa shape index (κ2) is 4.57. The molecular weight excluding hydrogens is 224 g/mol. The highest BCUT2D eigenvalue weighted by Crippen LogP contribution is 2.34. The van der Waals surface area contributed by atoms with E-state index in [1.165, 1.54) is 0 Å². The fourth-order valence-electron chi connectivity index (χ4n) is 1.62. The normalized spacial score (nSPS) is 14.6. The van der Waals surface area contributed by atoms with Crippen molar-refractivity contribution in [3.63, 3.8) is 0 Å². The van der Waals surface area contributed by atoms with Gasteiger partial charge in [0.1, 0.15) is 0 Å². The van der Waals surface area contributed by atoms with E-state index in [9.17, 15) is 0 Å². The molecule has 0 radical (unpaired) electrons. The first-order chi connectivity index (χ1) is 7.65. The molecule has 2 rings (SSSR count). The van der Waals surface area contributed by atoms with Crippen LogP contribution in [-0.2, 0) is 0 Å². The first-order valence-corrected chi connectivity index (χ1v) is 5.50. The van der Waals surface area contributed by atoms with Gasteiger partial charge in [-0.2, -0.15) is 0 Å². The number of nitrogens with two attached hydrogens (primary N) is 1. The maximum absolute atomic E-state index is 5.48. The van der Waals surface area contributed by atoms with E-state index in [4.69, 9.17) is 27.4 Å². The molecule has 1 heterocycles. The van der Waals surface area contributed by atoms with E-state index in [0.29, 0.717) is 18.2 Å². The number of anilines is 1. The Morgan fingerprint density at radius 2 is 2.25 bits per heavy atom. The number of hydrogen-bond donors (Lipinski definition) is 2. The summed E-state index contributed by atoms with van der Waals surface area (Å²) in [6.45, 7) is 2.32. The van der Waals surface area contributed by atoms with Crippen LogP contribution in [0.2, 0.25) is 0 Å². The van der Waals surface area contributed by atoms with Crippen molar-refractivity contribution in [3.8, 4) is 11.5 Å². The van der Waals surface area contributed by atoms with Gasteiger partial charge in [-0.15, -0.1) is 0 Å². The lowest BCUT2D eigenvalue weighted by Crippen LogP contribution is -2.22. The lowest BCUT2D eigenvalue weighted by Gasteiger charge is -2.14. The number of hydrogen-bond acceptors (Lipinski definition) is 4. The Balaban J connectivity index is 2.02. The van der Waals surface area contributed by atoms with E-state index >= 15 is 0 Å². The summed E-state index contributed by atoms with van der Waals surface area (Å²) in [4.78, 5) is 0.515. The third-order valence-electron chi connectivity index (χ3n) is 2.29. The summed E-state index contributed by atoms with van der Waals surface area (Å²) >= 11 is 4.86. The molecule has 0 saturated carbocycles. The van der Waals surface area contributed by atoms with Crippen LogP contribution >= 0.6 is 12.2 Å². The molecule has 5 heteroatoms. The highest BCUT2D eigenvalue weighted by atomic mass is 32.1. The number of rotatable bonds is 4. The molecule has 1 aliphatic rings. The lowest BCUT2D eigenvalue weighted by atomic mass is 10.2. The fourth-order valence-corrected chi connectivity index (χ4v) is 1.87. The van der Waals surface area contributed by atoms with Gasteiger partial charge in [-0.05, 0) is 19.1 Å². The Morgan fingerprint density at radius 3 is 3.00 bits per heavy atom. The summed E-state index contributed by atoms with van der Waals surface area (Å²) in [6.07, 6.45) is 0.670. The van der Waals surface area contributed by atoms with Crippen molar-refractivity contribution in [1.82, 2.24) is 0 Å². The van der Waals surface area contributed by atoms with E-state index in [2.05, 4.69) is 5.32 Å². The van der Waals surface area contributed by atoms with Gasteiger partial charge in [0.2, 0.25) is 6.79 Å². The number of benzene rings is 1. The topological polar surface area (TPSA) is 56.5 Å². The molecule has 0 spiro atoms. The van der Waals surface area contributed by atoms with Gasteiger partial charge in [0, 0.05) is 24.2 Å². The molecular formula is C11H14N2O2S. The van der Waals surface area contributed by atoms with Crippen molar-refractivity contribution < 1.29 is 9.47 Å². The second-order valence-electron chi connectivity index (χ2n) is 3.78. The third-order valence-corrected chi connectivity index (χ3v) is 2.46. The molecule has 0 fully saturated rings. The second-order valence-corrected chi connectivity index (χ2v) is 4.31. The van der Waals surface area contributed by atoms with Crippen LogP contribution in [-0.4, -0.2) is 17.8 Å². The molecule has 0 bridgehead atoms. The van der Waals surface area contributed by atoms with Gasteiger partial charge in [-0.3, -0.25) is 0 Å². The molecule has 1 unspecified atom stereocenters. The summed E-state index contributed by atoms with van der Waals surface area (Å²) in [7, 11) is 0. The fraction of sp³-hybridized carbons (Fsp3) is 0.364. The van der Waals surface area contributed by atoms with Crippen LogP contribution in [0.1, 0.15) is 13.3 Å².